The first-order valence-electron chi connectivity index (χ1n) is 5.61. The van der Waals surface area contributed by atoms with Gasteiger partial charge in [-0.1, -0.05) is 6.92 Å². The molecule has 0 saturated carbocycles. The molecule has 1 rings (SSSR count). The molecule has 0 aromatic heterocycles. The van der Waals surface area contributed by atoms with Crippen molar-refractivity contribution < 1.29 is 23.8 Å². The van der Waals surface area contributed by atoms with Gasteiger partial charge in [0, 0.05) is 13.5 Å². The van der Waals surface area contributed by atoms with Gasteiger partial charge in [-0.25, -0.2) is 0 Å². The van der Waals surface area contributed by atoms with Crippen molar-refractivity contribution in [3.63, 3.8) is 0 Å². The SMILES string of the molecule is CC1CC(COC=O)OC1=O.COC(C)(C)C. The highest BCUT2D eigenvalue weighted by molar-refractivity contribution is 5.74. The summed E-state index contributed by atoms with van der Waals surface area (Å²) >= 11 is 0. The molecule has 1 fully saturated rings. The third-order valence-corrected chi connectivity index (χ3v) is 2.26. The zero-order valence-corrected chi connectivity index (χ0v) is 11.2. The molecule has 1 heterocycles. The van der Waals surface area contributed by atoms with Gasteiger partial charge in [0.2, 0.25) is 0 Å². The van der Waals surface area contributed by atoms with Gasteiger partial charge in [0.05, 0.1) is 11.5 Å². The van der Waals surface area contributed by atoms with E-state index < -0.39 is 0 Å². The number of esters is 1. The van der Waals surface area contributed by atoms with E-state index in [1.54, 1.807) is 14.0 Å². The number of rotatable bonds is 3. The van der Waals surface area contributed by atoms with Crippen LogP contribution in [-0.4, -0.2) is 37.9 Å². The van der Waals surface area contributed by atoms with Gasteiger partial charge in [0.1, 0.15) is 12.7 Å². The van der Waals surface area contributed by atoms with E-state index in [4.69, 9.17) is 9.47 Å². The maximum atomic E-state index is 10.8. The van der Waals surface area contributed by atoms with Crippen molar-refractivity contribution in [2.24, 2.45) is 5.92 Å². The Bertz CT molecular complexity index is 244. The van der Waals surface area contributed by atoms with Gasteiger partial charge in [-0.05, 0) is 20.8 Å². The molecule has 2 unspecified atom stereocenters. The van der Waals surface area contributed by atoms with Gasteiger partial charge in [-0.15, -0.1) is 0 Å². The van der Waals surface area contributed by atoms with Crippen LogP contribution in [0, 0.1) is 5.92 Å². The van der Waals surface area contributed by atoms with E-state index in [1.165, 1.54) is 0 Å². The van der Waals surface area contributed by atoms with Crippen molar-refractivity contribution in [2.45, 2.75) is 45.8 Å². The number of ether oxygens (including phenoxy) is 3. The summed E-state index contributed by atoms with van der Waals surface area (Å²) in [6.07, 6.45) is 0.412. The number of cyclic esters (lactones) is 1. The number of hydrogen-bond acceptors (Lipinski definition) is 5. The molecule has 0 spiro atoms. The molecule has 0 bridgehead atoms. The molecule has 1 saturated heterocycles. The molecule has 5 nitrogen and oxygen atoms in total. The monoisotopic (exact) mass is 246 g/mol. The average Bonchev–Trinajstić information content (AvgIpc) is 2.55. The lowest BCUT2D eigenvalue weighted by molar-refractivity contribution is -0.148. The minimum absolute atomic E-state index is 0.0417. The predicted octanol–water partition coefficient (Wildman–Crippen LogP) is 1.54. The Morgan fingerprint density at radius 3 is 2.29 bits per heavy atom. The van der Waals surface area contributed by atoms with Crippen molar-refractivity contribution in [3.8, 4) is 0 Å². The van der Waals surface area contributed by atoms with Crippen LogP contribution in [0.25, 0.3) is 0 Å². The second kappa shape index (κ2) is 7.27. The van der Waals surface area contributed by atoms with Crippen LogP contribution in [0.2, 0.25) is 0 Å². The average molecular weight is 246 g/mol. The Hall–Kier alpha value is -1.10. The maximum Gasteiger partial charge on any atom is 0.309 e. The minimum Gasteiger partial charge on any atom is -0.464 e. The summed E-state index contributed by atoms with van der Waals surface area (Å²) in [6, 6.07) is 0. The van der Waals surface area contributed by atoms with Crippen LogP contribution in [0.4, 0.5) is 0 Å². The first-order valence-corrected chi connectivity index (χ1v) is 5.61. The van der Waals surface area contributed by atoms with Crippen LogP contribution in [-0.2, 0) is 23.8 Å². The van der Waals surface area contributed by atoms with Gasteiger partial charge in [-0.3, -0.25) is 9.59 Å². The number of methoxy groups -OCH3 is 1. The van der Waals surface area contributed by atoms with Crippen LogP contribution in [0.15, 0.2) is 0 Å². The van der Waals surface area contributed by atoms with Crippen molar-refractivity contribution in [3.05, 3.63) is 0 Å². The minimum atomic E-state index is -0.234. The molecule has 0 radical (unpaired) electrons. The molecule has 2 atom stereocenters. The lowest BCUT2D eigenvalue weighted by atomic mass is 10.1. The quantitative estimate of drug-likeness (QED) is 0.558. The first kappa shape index (κ1) is 15.9. The second-order valence-corrected chi connectivity index (χ2v) is 4.94. The summed E-state index contributed by atoms with van der Waals surface area (Å²) in [7, 11) is 1.71. The lowest BCUT2D eigenvalue weighted by Gasteiger charge is -2.14. The van der Waals surface area contributed by atoms with Gasteiger partial charge >= 0.3 is 5.97 Å². The standard InChI is InChI=1S/C7H10O4.C5H12O/c1-5-2-6(3-10-4-8)11-7(5)9;1-5(2,3)6-4/h4-6H,2-3H2,1H3;1-4H3. The highest BCUT2D eigenvalue weighted by atomic mass is 16.6. The predicted molar refractivity (Wildman–Crippen MR) is 62.4 cm³/mol. The molecule has 5 heteroatoms. The molecule has 0 aromatic carbocycles. The Labute approximate surface area is 102 Å². The largest absolute Gasteiger partial charge is 0.464 e. The summed E-state index contributed by atoms with van der Waals surface area (Å²) < 4.78 is 14.2. The van der Waals surface area contributed by atoms with E-state index in [1.807, 2.05) is 20.8 Å². The first-order chi connectivity index (χ1) is 7.80. The fourth-order valence-electron chi connectivity index (χ4n) is 1.07. The van der Waals surface area contributed by atoms with Crippen LogP contribution < -0.4 is 0 Å². The van der Waals surface area contributed by atoms with E-state index in [2.05, 4.69) is 4.74 Å². The van der Waals surface area contributed by atoms with E-state index >= 15 is 0 Å². The Morgan fingerprint density at radius 2 is 2.00 bits per heavy atom. The number of hydrogen-bond donors (Lipinski definition) is 0. The van der Waals surface area contributed by atoms with Crippen molar-refractivity contribution in [1.82, 2.24) is 0 Å². The summed E-state index contributed by atoms with van der Waals surface area (Å²) in [4.78, 5) is 20.5. The Kier molecular flexibility index (Phi) is 6.80. The molecule has 100 valence electrons. The van der Waals surface area contributed by atoms with Gasteiger partial charge < -0.3 is 14.2 Å². The zero-order chi connectivity index (χ0) is 13.5. The number of carbonyl (C=O) groups excluding carboxylic acids is 2. The third kappa shape index (κ3) is 7.74. The van der Waals surface area contributed by atoms with E-state index in [0.717, 1.165) is 0 Å². The topological polar surface area (TPSA) is 61.8 Å². The van der Waals surface area contributed by atoms with Crippen molar-refractivity contribution >= 4 is 12.4 Å². The normalized spacial score (nSPS) is 23.5. The molecule has 0 N–H and O–H groups in total. The van der Waals surface area contributed by atoms with Crippen LogP contribution >= 0.6 is 0 Å². The van der Waals surface area contributed by atoms with E-state index in [-0.39, 0.29) is 30.2 Å². The molecule has 1 aliphatic rings. The molecule has 0 aliphatic carbocycles. The third-order valence-electron chi connectivity index (χ3n) is 2.26. The van der Waals surface area contributed by atoms with Gasteiger partial charge in [-0.2, -0.15) is 0 Å². The lowest BCUT2D eigenvalue weighted by Crippen LogP contribution is -2.15. The molecular weight excluding hydrogens is 224 g/mol. The number of carbonyl (C=O) groups is 2. The Morgan fingerprint density at radius 1 is 1.47 bits per heavy atom. The molecule has 1 aliphatic heterocycles. The maximum absolute atomic E-state index is 10.8. The molecule has 0 amide bonds. The fraction of sp³-hybridized carbons (Fsp3) is 0.833. The fourth-order valence-corrected chi connectivity index (χ4v) is 1.07. The van der Waals surface area contributed by atoms with Crippen molar-refractivity contribution in [2.75, 3.05) is 13.7 Å². The van der Waals surface area contributed by atoms with Crippen molar-refractivity contribution in [1.29, 1.82) is 0 Å². The summed E-state index contributed by atoms with van der Waals surface area (Å²) in [5.74, 6) is -0.264. The highest BCUT2D eigenvalue weighted by Crippen LogP contribution is 2.20. The smallest absolute Gasteiger partial charge is 0.309 e. The summed E-state index contributed by atoms with van der Waals surface area (Å²) in [5.41, 5.74) is 0.0417. The van der Waals surface area contributed by atoms with Gasteiger partial charge in [0.15, 0.2) is 0 Å². The second-order valence-electron chi connectivity index (χ2n) is 4.94. The molecular formula is C12H22O5. The van der Waals surface area contributed by atoms with Gasteiger partial charge in [0.25, 0.3) is 6.47 Å². The summed E-state index contributed by atoms with van der Waals surface area (Å²) in [6.45, 7) is 8.40. The van der Waals surface area contributed by atoms with E-state index in [0.29, 0.717) is 12.9 Å². The Balaban J connectivity index is 0.000000366. The zero-order valence-electron chi connectivity index (χ0n) is 11.2. The van der Waals surface area contributed by atoms with E-state index in [9.17, 15) is 9.59 Å². The van der Waals surface area contributed by atoms with Crippen LogP contribution in [0.3, 0.4) is 0 Å². The van der Waals surface area contributed by atoms with Crippen LogP contribution in [0.1, 0.15) is 34.1 Å². The summed E-state index contributed by atoms with van der Waals surface area (Å²) in [5, 5.41) is 0. The highest BCUT2D eigenvalue weighted by Gasteiger charge is 2.30. The molecule has 17 heavy (non-hydrogen) atoms. The van der Waals surface area contributed by atoms with Crippen LogP contribution in [0.5, 0.6) is 0 Å². The molecule has 0 aromatic rings.